The molecule has 5 rings (SSSR count). The fourth-order valence-electron chi connectivity index (χ4n) is 4.05. The van der Waals surface area contributed by atoms with Crippen LogP contribution in [0.2, 0.25) is 0 Å². The highest BCUT2D eigenvalue weighted by molar-refractivity contribution is 5.88. The standard InChI is InChI=1S/C28H28N8O4/c1-28(2,3)40-27(39)36-23-7-5-18(14-19(23)15-32-36)4-6-20-8-11-29-25(33-20)22-9-12-30-26(34-22)31-16-24(38)35-13-10-21(37)17-35/h5,7-9,11-12,14-15,21,37H,10,13,16-17H2,1-3H3,(H,30,31,34)/t21-/m0/s1. The van der Waals surface area contributed by atoms with Crippen LogP contribution in [0.3, 0.4) is 0 Å². The quantitative estimate of drug-likeness (QED) is 0.370. The molecule has 0 spiro atoms. The summed E-state index contributed by atoms with van der Waals surface area (Å²) in [5, 5.41) is 17.5. The Morgan fingerprint density at radius 3 is 2.73 bits per heavy atom. The Balaban J connectivity index is 1.28. The molecule has 1 amide bonds. The Bertz CT molecular complexity index is 1630. The minimum atomic E-state index is -0.626. The summed E-state index contributed by atoms with van der Waals surface area (Å²) in [7, 11) is 0. The number of ether oxygens (including phenoxy) is 1. The van der Waals surface area contributed by atoms with Gasteiger partial charge in [-0.3, -0.25) is 4.79 Å². The minimum Gasteiger partial charge on any atom is -0.442 e. The fraction of sp³-hybridized carbons (Fsp3) is 0.321. The maximum atomic E-state index is 12.4. The molecule has 0 aliphatic carbocycles. The Morgan fingerprint density at radius 1 is 1.12 bits per heavy atom. The third-order valence-electron chi connectivity index (χ3n) is 5.92. The Kier molecular flexibility index (Phi) is 7.39. The molecule has 1 aromatic carbocycles. The maximum Gasteiger partial charge on any atom is 0.435 e. The van der Waals surface area contributed by atoms with E-state index in [9.17, 15) is 14.7 Å². The van der Waals surface area contributed by atoms with Gasteiger partial charge in [0.05, 0.1) is 24.4 Å². The number of aromatic nitrogens is 6. The summed E-state index contributed by atoms with van der Waals surface area (Å²) in [4.78, 5) is 43.8. The second-order valence-electron chi connectivity index (χ2n) is 10.2. The van der Waals surface area contributed by atoms with E-state index in [0.29, 0.717) is 42.2 Å². The van der Waals surface area contributed by atoms with Gasteiger partial charge in [-0.1, -0.05) is 5.92 Å². The Hall–Kier alpha value is -4.89. The van der Waals surface area contributed by atoms with E-state index in [1.165, 1.54) is 4.68 Å². The summed E-state index contributed by atoms with van der Waals surface area (Å²) in [5.74, 6) is 6.62. The molecule has 1 aliphatic heterocycles. The van der Waals surface area contributed by atoms with Crippen molar-refractivity contribution in [3.63, 3.8) is 0 Å². The first-order valence-electron chi connectivity index (χ1n) is 12.7. The molecule has 2 N–H and O–H groups in total. The molecule has 4 heterocycles. The summed E-state index contributed by atoms with van der Waals surface area (Å²) in [6, 6.07) is 8.77. The molecule has 12 nitrogen and oxygen atoms in total. The van der Waals surface area contributed by atoms with Crippen molar-refractivity contribution < 1.29 is 19.4 Å². The van der Waals surface area contributed by atoms with Gasteiger partial charge in [-0.25, -0.2) is 24.7 Å². The van der Waals surface area contributed by atoms with Crippen LogP contribution in [-0.4, -0.2) is 83.1 Å². The lowest BCUT2D eigenvalue weighted by atomic mass is 10.1. The predicted molar refractivity (Wildman–Crippen MR) is 146 cm³/mol. The number of carbonyl (C=O) groups is 2. The van der Waals surface area contributed by atoms with Gasteiger partial charge < -0.3 is 20.1 Å². The van der Waals surface area contributed by atoms with E-state index >= 15 is 0 Å². The lowest BCUT2D eigenvalue weighted by molar-refractivity contribution is -0.128. The van der Waals surface area contributed by atoms with Crippen molar-refractivity contribution in [1.82, 2.24) is 34.6 Å². The average molecular weight is 541 g/mol. The fourth-order valence-corrected chi connectivity index (χ4v) is 4.05. The van der Waals surface area contributed by atoms with Gasteiger partial charge in [0, 0.05) is 36.4 Å². The zero-order valence-electron chi connectivity index (χ0n) is 22.3. The van der Waals surface area contributed by atoms with Crippen LogP contribution in [0.4, 0.5) is 10.7 Å². The van der Waals surface area contributed by atoms with Crippen LogP contribution < -0.4 is 5.32 Å². The third kappa shape index (κ3) is 6.39. The van der Waals surface area contributed by atoms with Crippen LogP contribution in [0.1, 0.15) is 38.4 Å². The van der Waals surface area contributed by atoms with Crippen molar-refractivity contribution in [2.45, 2.75) is 38.9 Å². The van der Waals surface area contributed by atoms with E-state index < -0.39 is 17.8 Å². The van der Waals surface area contributed by atoms with Gasteiger partial charge in [-0.2, -0.15) is 9.78 Å². The van der Waals surface area contributed by atoms with E-state index in [0.717, 1.165) is 10.9 Å². The van der Waals surface area contributed by atoms with Crippen molar-refractivity contribution in [1.29, 1.82) is 0 Å². The molecule has 1 fully saturated rings. The summed E-state index contributed by atoms with van der Waals surface area (Å²) >= 11 is 0. The van der Waals surface area contributed by atoms with Crippen molar-refractivity contribution >= 4 is 28.9 Å². The van der Waals surface area contributed by atoms with Crippen molar-refractivity contribution in [2.75, 3.05) is 25.0 Å². The Labute approximate surface area is 230 Å². The molecule has 12 heteroatoms. The number of β-amino-alcohol motifs (C(OH)–C–C–N with tert-alkyl or cyclic N) is 1. The molecule has 3 aromatic heterocycles. The molecule has 0 unspecified atom stereocenters. The summed E-state index contributed by atoms with van der Waals surface area (Å²) in [6.45, 7) is 6.30. The van der Waals surface area contributed by atoms with Gasteiger partial charge in [0.25, 0.3) is 0 Å². The summed E-state index contributed by atoms with van der Waals surface area (Å²) < 4.78 is 6.64. The second-order valence-corrected chi connectivity index (χ2v) is 10.2. The SMILES string of the molecule is CC(C)(C)OC(=O)n1ncc2cc(C#Cc3ccnc(-c4ccnc(NCC(=O)N5CC[C@H](O)C5)n4)n3)ccc21. The van der Waals surface area contributed by atoms with Crippen molar-refractivity contribution in [3.8, 4) is 23.4 Å². The Morgan fingerprint density at radius 2 is 1.95 bits per heavy atom. The van der Waals surface area contributed by atoms with Gasteiger partial charge >= 0.3 is 6.09 Å². The zero-order valence-corrected chi connectivity index (χ0v) is 22.3. The van der Waals surface area contributed by atoms with Gasteiger partial charge in [0.2, 0.25) is 11.9 Å². The number of aliphatic hydroxyl groups excluding tert-OH is 1. The number of hydrogen-bond acceptors (Lipinski definition) is 10. The van der Waals surface area contributed by atoms with E-state index in [2.05, 4.69) is 42.2 Å². The van der Waals surface area contributed by atoms with Crippen LogP contribution in [0.5, 0.6) is 0 Å². The lowest BCUT2D eigenvalue weighted by Crippen LogP contribution is -2.34. The van der Waals surface area contributed by atoms with Gasteiger partial charge in [0.1, 0.15) is 17.0 Å². The first kappa shape index (κ1) is 26.7. The average Bonchev–Trinajstić information content (AvgIpc) is 3.56. The number of amides is 1. The van der Waals surface area contributed by atoms with Gasteiger partial charge in [0.15, 0.2) is 5.82 Å². The number of nitrogens with one attached hydrogen (secondary N) is 1. The van der Waals surface area contributed by atoms with E-state index in [1.54, 1.807) is 68.5 Å². The first-order valence-corrected chi connectivity index (χ1v) is 12.7. The number of benzene rings is 1. The molecule has 1 atom stereocenters. The largest absolute Gasteiger partial charge is 0.442 e. The molecule has 1 aliphatic rings. The highest BCUT2D eigenvalue weighted by atomic mass is 16.6. The second kappa shape index (κ2) is 11.1. The summed E-state index contributed by atoms with van der Waals surface area (Å²) in [5.41, 5.74) is 1.68. The zero-order chi connectivity index (χ0) is 28.3. The van der Waals surface area contributed by atoms with Crippen LogP contribution in [0.25, 0.3) is 22.4 Å². The monoisotopic (exact) mass is 540 g/mol. The number of aliphatic hydroxyl groups is 1. The number of likely N-dealkylation sites (tertiary alicyclic amines) is 1. The highest BCUT2D eigenvalue weighted by Gasteiger charge is 2.24. The molecule has 40 heavy (non-hydrogen) atoms. The van der Waals surface area contributed by atoms with Crippen LogP contribution in [0, 0.1) is 11.8 Å². The number of nitrogens with zero attached hydrogens (tertiary/aromatic N) is 7. The number of hydrogen-bond donors (Lipinski definition) is 2. The van der Waals surface area contributed by atoms with Gasteiger partial charge in [-0.05, 0) is 63.4 Å². The third-order valence-corrected chi connectivity index (χ3v) is 5.92. The highest BCUT2D eigenvalue weighted by Crippen LogP contribution is 2.18. The molecule has 0 bridgehead atoms. The molecule has 0 radical (unpaired) electrons. The van der Waals surface area contributed by atoms with Crippen LogP contribution in [-0.2, 0) is 9.53 Å². The topological polar surface area (TPSA) is 148 Å². The van der Waals surface area contributed by atoms with E-state index in [1.807, 2.05) is 6.07 Å². The first-order chi connectivity index (χ1) is 19.1. The lowest BCUT2D eigenvalue weighted by Gasteiger charge is -2.19. The number of fused-ring (bicyclic) bond motifs is 1. The smallest absolute Gasteiger partial charge is 0.435 e. The predicted octanol–water partition coefficient (Wildman–Crippen LogP) is 2.47. The molecule has 4 aromatic rings. The molecule has 204 valence electrons. The van der Waals surface area contributed by atoms with Crippen molar-refractivity contribution in [2.24, 2.45) is 0 Å². The van der Waals surface area contributed by atoms with Crippen LogP contribution >= 0.6 is 0 Å². The molecule has 0 saturated carbocycles. The number of rotatable bonds is 4. The maximum absolute atomic E-state index is 12.4. The number of anilines is 1. The molecule has 1 saturated heterocycles. The summed E-state index contributed by atoms with van der Waals surface area (Å²) in [6.07, 6.45) is 4.32. The van der Waals surface area contributed by atoms with Crippen LogP contribution in [0.15, 0.2) is 48.9 Å². The van der Waals surface area contributed by atoms with E-state index in [-0.39, 0.29) is 18.4 Å². The number of carbonyl (C=O) groups excluding carboxylic acids is 2. The molecular weight excluding hydrogens is 512 g/mol. The van der Waals surface area contributed by atoms with Crippen molar-refractivity contribution in [3.05, 3.63) is 60.2 Å². The minimum absolute atomic E-state index is 0.0174. The molecular formula is C28H28N8O4. The van der Waals surface area contributed by atoms with E-state index in [4.69, 9.17) is 4.74 Å². The van der Waals surface area contributed by atoms with Gasteiger partial charge in [-0.15, -0.1) is 0 Å². The normalized spacial score (nSPS) is 15.0.